The van der Waals surface area contributed by atoms with Crippen LogP contribution in [0.3, 0.4) is 0 Å². The molecule has 1 atom stereocenters. The predicted molar refractivity (Wildman–Crippen MR) is 104 cm³/mol. The number of carbonyl (C=O) groups excluding carboxylic acids is 1. The fourth-order valence-corrected chi connectivity index (χ4v) is 3.37. The third kappa shape index (κ3) is 4.51. The van der Waals surface area contributed by atoms with Gasteiger partial charge in [-0.1, -0.05) is 0 Å². The molecule has 1 aromatic rings. The largest absolute Gasteiger partial charge is 0.443 e. The Labute approximate surface area is 160 Å². The van der Waals surface area contributed by atoms with E-state index >= 15 is 0 Å². The van der Waals surface area contributed by atoms with Crippen LogP contribution in [-0.4, -0.2) is 75.1 Å². The van der Waals surface area contributed by atoms with Crippen molar-refractivity contribution in [1.29, 1.82) is 0 Å². The van der Waals surface area contributed by atoms with Gasteiger partial charge >= 0.3 is 6.09 Å². The normalized spacial score (nSPS) is 19.9. The van der Waals surface area contributed by atoms with Crippen LogP contribution in [0.4, 0.5) is 20.6 Å². The molecule has 0 radical (unpaired) electrons. The topological polar surface area (TPSA) is 65.3 Å². The lowest BCUT2D eigenvalue weighted by Crippen LogP contribution is -2.43. The molecule has 0 unspecified atom stereocenters. The van der Waals surface area contributed by atoms with Gasteiger partial charge in [-0.05, 0) is 38.0 Å². The van der Waals surface area contributed by atoms with Crippen molar-refractivity contribution in [2.75, 3.05) is 56.6 Å². The number of hydrazine groups is 1. The molecule has 8 heteroatoms. The van der Waals surface area contributed by atoms with E-state index in [0.29, 0.717) is 30.5 Å². The Kier molecular flexibility index (Phi) is 6.18. The van der Waals surface area contributed by atoms with Gasteiger partial charge in [-0.25, -0.2) is 19.2 Å². The summed E-state index contributed by atoms with van der Waals surface area (Å²) in [6, 6.07) is 5.56. The van der Waals surface area contributed by atoms with Gasteiger partial charge in [-0.3, -0.25) is 4.90 Å². The van der Waals surface area contributed by atoms with Gasteiger partial charge < -0.3 is 15.4 Å². The van der Waals surface area contributed by atoms with Gasteiger partial charge in [0.15, 0.2) is 0 Å². The van der Waals surface area contributed by atoms with Gasteiger partial charge in [0.05, 0.1) is 17.9 Å². The Morgan fingerprint density at radius 2 is 2.04 bits per heavy atom. The Hall–Kier alpha value is -1.90. The van der Waals surface area contributed by atoms with Crippen LogP contribution in [-0.2, 0) is 4.74 Å². The Morgan fingerprint density at radius 1 is 1.30 bits per heavy atom. The van der Waals surface area contributed by atoms with Crippen LogP contribution < -0.4 is 15.5 Å². The third-order valence-corrected chi connectivity index (χ3v) is 5.41. The van der Waals surface area contributed by atoms with Crippen molar-refractivity contribution in [2.24, 2.45) is 5.73 Å². The second-order valence-electron chi connectivity index (χ2n) is 7.25. The van der Waals surface area contributed by atoms with Crippen molar-refractivity contribution in [1.82, 2.24) is 10.0 Å². The zero-order chi connectivity index (χ0) is 19.6. The number of benzene rings is 1. The molecule has 3 rings (SSSR count). The highest BCUT2D eigenvalue weighted by atomic mass is 19.1. The summed E-state index contributed by atoms with van der Waals surface area (Å²) in [4.78, 5) is 15.4. The lowest BCUT2D eigenvalue weighted by atomic mass is 10.2. The standard InChI is InChI=1S/C19H30FN5O2/c1-4-24(10-9-22(2)23(3)14-5-6-14)18-8-7-15(11-17(18)20)25-13-16(12-21)27-19(25)26/h7-8,11,14,16H,4-6,9-10,12-13,21H2,1-3H3/t16-/m0/s1. The Balaban J connectivity index is 1.65. The van der Waals surface area contributed by atoms with Crippen molar-refractivity contribution in [3.8, 4) is 0 Å². The van der Waals surface area contributed by atoms with Gasteiger partial charge in [-0.15, -0.1) is 0 Å². The summed E-state index contributed by atoms with van der Waals surface area (Å²) in [5, 5.41) is 4.46. The fraction of sp³-hybridized carbons (Fsp3) is 0.632. The van der Waals surface area contributed by atoms with Crippen molar-refractivity contribution in [3.63, 3.8) is 0 Å². The van der Waals surface area contributed by atoms with Gasteiger partial charge in [0, 0.05) is 46.3 Å². The first-order chi connectivity index (χ1) is 12.9. The molecule has 0 aromatic heterocycles. The number of nitrogens with zero attached hydrogens (tertiary/aromatic N) is 4. The van der Waals surface area contributed by atoms with E-state index in [9.17, 15) is 9.18 Å². The third-order valence-electron chi connectivity index (χ3n) is 5.41. The van der Waals surface area contributed by atoms with E-state index < -0.39 is 6.09 Å². The molecular formula is C19H30FN5O2. The molecule has 1 aliphatic heterocycles. The second kappa shape index (κ2) is 8.41. The second-order valence-corrected chi connectivity index (χ2v) is 7.25. The van der Waals surface area contributed by atoms with Crippen molar-refractivity contribution in [2.45, 2.75) is 31.9 Å². The smallest absolute Gasteiger partial charge is 0.414 e. The number of hydrogen-bond donors (Lipinski definition) is 1. The number of carbonyl (C=O) groups is 1. The van der Waals surface area contributed by atoms with Gasteiger partial charge in [-0.2, -0.15) is 0 Å². The van der Waals surface area contributed by atoms with Crippen LogP contribution in [0, 0.1) is 5.82 Å². The monoisotopic (exact) mass is 379 g/mol. The maximum atomic E-state index is 14.8. The average molecular weight is 379 g/mol. The van der Waals surface area contributed by atoms with Crippen LogP contribution in [0.15, 0.2) is 18.2 Å². The van der Waals surface area contributed by atoms with E-state index in [1.807, 2.05) is 11.8 Å². The number of hydrogen-bond acceptors (Lipinski definition) is 6. The zero-order valence-electron chi connectivity index (χ0n) is 16.4. The fourth-order valence-electron chi connectivity index (χ4n) is 3.37. The summed E-state index contributed by atoms with van der Waals surface area (Å²) >= 11 is 0. The molecule has 27 heavy (non-hydrogen) atoms. The first-order valence-corrected chi connectivity index (χ1v) is 9.61. The summed E-state index contributed by atoms with van der Waals surface area (Å²) in [7, 11) is 4.17. The van der Waals surface area contributed by atoms with Gasteiger partial charge in [0.25, 0.3) is 0 Å². The summed E-state index contributed by atoms with van der Waals surface area (Å²) in [6.07, 6.45) is 1.68. The first kappa shape index (κ1) is 19.9. The molecule has 7 nitrogen and oxygen atoms in total. The summed E-state index contributed by atoms with van der Waals surface area (Å²) < 4.78 is 19.9. The lowest BCUT2D eigenvalue weighted by molar-refractivity contribution is 0.0215. The molecule has 2 N–H and O–H groups in total. The SMILES string of the molecule is CCN(CCN(C)N(C)C1CC1)c1ccc(N2C[C@H](CN)OC2=O)cc1F. The maximum Gasteiger partial charge on any atom is 0.414 e. The number of cyclic esters (lactones) is 1. The highest BCUT2D eigenvalue weighted by Gasteiger charge is 2.32. The van der Waals surface area contributed by atoms with E-state index in [2.05, 4.69) is 24.1 Å². The van der Waals surface area contributed by atoms with Crippen molar-refractivity contribution < 1.29 is 13.9 Å². The van der Waals surface area contributed by atoms with E-state index in [-0.39, 0.29) is 18.5 Å². The molecule has 2 aliphatic rings. The van der Waals surface area contributed by atoms with Crippen molar-refractivity contribution in [3.05, 3.63) is 24.0 Å². The molecule has 0 spiro atoms. The van der Waals surface area contributed by atoms with Crippen molar-refractivity contribution >= 4 is 17.5 Å². The molecule has 0 bridgehead atoms. The van der Waals surface area contributed by atoms with Crippen LogP contribution in [0.25, 0.3) is 0 Å². The minimum atomic E-state index is -0.477. The highest BCUT2D eigenvalue weighted by molar-refractivity contribution is 5.90. The van der Waals surface area contributed by atoms with Crippen LogP contribution in [0.1, 0.15) is 19.8 Å². The average Bonchev–Trinajstić information content (AvgIpc) is 3.44. The molecule has 2 fully saturated rings. The summed E-state index contributed by atoms with van der Waals surface area (Å²) in [5.74, 6) is -0.337. The van der Waals surface area contributed by atoms with Crippen LogP contribution in [0.2, 0.25) is 0 Å². The number of anilines is 2. The molecule has 1 aliphatic carbocycles. The number of halogens is 1. The highest BCUT2D eigenvalue weighted by Crippen LogP contribution is 2.28. The van der Waals surface area contributed by atoms with E-state index in [4.69, 9.17) is 10.5 Å². The lowest BCUT2D eigenvalue weighted by Gasteiger charge is -2.32. The van der Waals surface area contributed by atoms with Crippen LogP contribution in [0.5, 0.6) is 0 Å². The first-order valence-electron chi connectivity index (χ1n) is 9.61. The molecule has 1 aromatic carbocycles. The van der Waals surface area contributed by atoms with Gasteiger partial charge in [0.2, 0.25) is 0 Å². The van der Waals surface area contributed by atoms with E-state index in [1.54, 1.807) is 12.1 Å². The molecule has 1 saturated heterocycles. The Morgan fingerprint density at radius 3 is 2.59 bits per heavy atom. The molecule has 150 valence electrons. The molecule has 1 heterocycles. The molecule has 1 amide bonds. The van der Waals surface area contributed by atoms with Gasteiger partial charge in [0.1, 0.15) is 11.9 Å². The number of rotatable bonds is 9. The van der Waals surface area contributed by atoms with E-state index in [1.165, 1.54) is 23.8 Å². The van der Waals surface area contributed by atoms with E-state index in [0.717, 1.165) is 13.1 Å². The minimum Gasteiger partial charge on any atom is -0.443 e. The number of amides is 1. The predicted octanol–water partition coefficient (Wildman–Crippen LogP) is 1.88. The number of ether oxygens (including phenoxy) is 1. The quantitative estimate of drug-likeness (QED) is 0.661. The Bertz CT molecular complexity index is 670. The summed E-state index contributed by atoms with van der Waals surface area (Å²) in [5.41, 5.74) is 6.60. The zero-order valence-corrected chi connectivity index (χ0v) is 16.4. The minimum absolute atomic E-state index is 0.259. The van der Waals surface area contributed by atoms with Crippen LogP contribution >= 0.6 is 0 Å². The number of nitrogens with two attached hydrogens (primary N) is 1. The summed E-state index contributed by atoms with van der Waals surface area (Å²) in [6.45, 7) is 4.87. The molecule has 1 saturated carbocycles. The maximum absolute atomic E-state index is 14.8. The molecular weight excluding hydrogens is 349 g/mol. The number of likely N-dealkylation sites (N-methyl/N-ethyl adjacent to an activating group) is 2.